The molecule has 0 radical (unpaired) electrons. The quantitative estimate of drug-likeness (QED) is 0.630. The van der Waals surface area contributed by atoms with Crippen molar-refractivity contribution in [3.63, 3.8) is 0 Å². The molecule has 4 heteroatoms. The SMILES string of the molecule is C[C@H]1C(Cl)(Cl)[C@@]1(C)C(=O)O. The number of hydrogen-bond donors (Lipinski definition) is 1. The van der Waals surface area contributed by atoms with Crippen LogP contribution in [-0.4, -0.2) is 15.4 Å². The van der Waals surface area contributed by atoms with Crippen molar-refractivity contribution >= 4 is 29.2 Å². The molecule has 0 unspecified atom stereocenters. The molecule has 0 aromatic heterocycles. The van der Waals surface area contributed by atoms with Crippen LogP contribution in [-0.2, 0) is 4.79 Å². The Balaban J connectivity index is 2.88. The van der Waals surface area contributed by atoms with Gasteiger partial charge < -0.3 is 5.11 Å². The van der Waals surface area contributed by atoms with E-state index in [9.17, 15) is 4.79 Å². The second kappa shape index (κ2) is 1.80. The molecule has 58 valence electrons. The number of aliphatic carboxylic acids is 1. The standard InChI is InChI=1S/C6H8Cl2O2/c1-3-5(2,4(9)10)6(3,7)8/h3H,1-2H3,(H,9,10)/t3-,5-/m1/s1. The van der Waals surface area contributed by atoms with Crippen molar-refractivity contribution in [1.82, 2.24) is 0 Å². The van der Waals surface area contributed by atoms with Crippen LogP contribution in [0.2, 0.25) is 0 Å². The number of rotatable bonds is 1. The Kier molecular flexibility index (Phi) is 1.47. The lowest BCUT2D eigenvalue weighted by atomic mass is 10.1. The highest BCUT2D eigenvalue weighted by Gasteiger charge is 2.75. The number of carboxylic acid groups (broad SMARTS) is 1. The van der Waals surface area contributed by atoms with E-state index < -0.39 is 15.7 Å². The maximum atomic E-state index is 10.5. The van der Waals surface area contributed by atoms with Crippen molar-refractivity contribution < 1.29 is 9.90 Å². The second-order valence-electron chi connectivity index (χ2n) is 2.85. The second-order valence-corrected chi connectivity index (χ2v) is 4.24. The molecule has 1 N–H and O–H groups in total. The molecule has 0 aromatic carbocycles. The van der Waals surface area contributed by atoms with Gasteiger partial charge in [-0.25, -0.2) is 0 Å². The van der Waals surface area contributed by atoms with Crippen LogP contribution >= 0.6 is 23.2 Å². The van der Waals surface area contributed by atoms with Gasteiger partial charge in [0.2, 0.25) is 0 Å². The van der Waals surface area contributed by atoms with E-state index in [1.54, 1.807) is 13.8 Å². The van der Waals surface area contributed by atoms with Gasteiger partial charge in [0.25, 0.3) is 0 Å². The molecule has 2 atom stereocenters. The number of carbonyl (C=O) groups is 1. The number of halogens is 2. The molecule has 0 saturated heterocycles. The van der Waals surface area contributed by atoms with Gasteiger partial charge in [-0.05, 0) is 6.92 Å². The minimum atomic E-state index is -1.07. The van der Waals surface area contributed by atoms with Gasteiger partial charge in [0.15, 0.2) is 0 Å². The molecular weight excluding hydrogens is 175 g/mol. The number of alkyl halides is 2. The summed E-state index contributed by atoms with van der Waals surface area (Å²) >= 11 is 11.4. The molecule has 1 aliphatic rings. The Bertz CT molecular complexity index is 190. The number of hydrogen-bond acceptors (Lipinski definition) is 1. The Hall–Kier alpha value is 0.0500. The van der Waals surface area contributed by atoms with Gasteiger partial charge in [0.05, 0.1) is 0 Å². The highest BCUT2D eigenvalue weighted by Crippen LogP contribution is 2.68. The van der Waals surface area contributed by atoms with E-state index in [0.29, 0.717) is 0 Å². The zero-order valence-corrected chi connectivity index (χ0v) is 7.20. The Morgan fingerprint density at radius 3 is 1.90 bits per heavy atom. The monoisotopic (exact) mass is 182 g/mol. The van der Waals surface area contributed by atoms with Gasteiger partial charge in [-0.1, -0.05) is 6.92 Å². The summed E-state index contributed by atoms with van der Waals surface area (Å²) in [5.74, 6) is -1.09. The third kappa shape index (κ3) is 0.638. The fourth-order valence-electron chi connectivity index (χ4n) is 1.06. The van der Waals surface area contributed by atoms with E-state index in [4.69, 9.17) is 28.3 Å². The molecule has 0 spiro atoms. The Morgan fingerprint density at radius 2 is 1.90 bits per heavy atom. The van der Waals surface area contributed by atoms with Crippen LogP contribution in [0.4, 0.5) is 0 Å². The summed E-state index contributed by atoms with van der Waals surface area (Å²) in [7, 11) is 0. The van der Waals surface area contributed by atoms with Crippen molar-refractivity contribution in [1.29, 1.82) is 0 Å². The minimum absolute atomic E-state index is 0.166. The predicted octanol–water partition coefficient (Wildman–Crippen LogP) is 1.90. The van der Waals surface area contributed by atoms with E-state index in [2.05, 4.69) is 0 Å². The molecule has 1 fully saturated rings. The first-order valence-electron chi connectivity index (χ1n) is 2.96. The molecule has 1 aliphatic carbocycles. The summed E-state index contributed by atoms with van der Waals surface area (Å²) in [6, 6.07) is 0. The Morgan fingerprint density at radius 1 is 1.60 bits per heavy atom. The summed E-state index contributed by atoms with van der Waals surface area (Å²) in [6.45, 7) is 3.29. The van der Waals surface area contributed by atoms with Gasteiger partial charge in [-0.15, -0.1) is 23.2 Å². The van der Waals surface area contributed by atoms with Crippen LogP contribution in [0.5, 0.6) is 0 Å². The molecule has 0 aliphatic heterocycles. The zero-order chi connectivity index (χ0) is 8.15. The summed E-state index contributed by atoms with van der Waals surface area (Å²) < 4.78 is -1.07. The predicted molar refractivity (Wildman–Crippen MR) is 39.3 cm³/mol. The number of carboxylic acids is 1. The van der Waals surface area contributed by atoms with Gasteiger partial charge >= 0.3 is 5.97 Å². The normalized spacial score (nSPS) is 43.0. The topological polar surface area (TPSA) is 37.3 Å². The lowest BCUT2D eigenvalue weighted by molar-refractivity contribution is -0.143. The molecule has 0 amide bonds. The average Bonchev–Trinajstić information content (AvgIpc) is 2.16. The van der Waals surface area contributed by atoms with Gasteiger partial charge in [-0.3, -0.25) is 4.79 Å². The van der Waals surface area contributed by atoms with E-state index in [0.717, 1.165) is 0 Å². The first-order chi connectivity index (χ1) is 4.35. The van der Waals surface area contributed by atoms with Crippen LogP contribution in [0.1, 0.15) is 13.8 Å². The van der Waals surface area contributed by atoms with Gasteiger partial charge in [-0.2, -0.15) is 0 Å². The third-order valence-corrected chi connectivity index (χ3v) is 3.90. The lowest BCUT2D eigenvalue weighted by Gasteiger charge is -2.02. The van der Waals surface area contributed by atoms with Crippen molar-refractivity contribution in [3.8, 4) is 0 Å². The zero-order valence-electron chi connectivity index (χ0n) is 5.69. The van der Waals surface area contributed by atoms with Crippen LogP contribution in [0.25, 0.3) is 0 Å². The summed E-state index contributed by atoms with van der Waals surface area (Å²) in [4.78, 5) is 10.5. The molecule has 1 saturated carbocycles. The van der Waals surface area contributed by atoms with E-state index in [1.807, 2.05) is 0 Å². The molecule has 0 heterocycles. The lowest BCUT2D eigenvalue weighted by Crippen LogP contribution is -2.17. The first-order valence-corrected chi connectivity index (χ1v) is 3.72. The molecule has 0 aromatic rings. The third-order valence-electron chi connectivity index (χ3n) is 2.46. The molecular formula is C6H8Cl2O2. The van der Waals surface area contributed by atoms with E-state index in [-0.39, 0.29) is 5.92 Å². The molecule has 1 rings (SSSR count). The maximum Gasteiger partial charge on any atom is 0.312 e. The smallest absolute Gasteiger partial charge is 0.312 e. The fraction of sp³-hybridized carbons (Fsp3) is 0.833. The summed E-state index contributed by atoms with van der Waals surface area (Å²) in [6.07, 6.45) is 0. The van der Waals surface area contributed by atoms with Crippen LogP contribution in [0, 0.1) is 11.3 Å². The first kappa shape index (κ1) is 8.15. The van der Waals surface area contributed by atoms with Gasteiger partial charge in [0.1, 0.15) is 9.75 Å². The highest BCUT2D eigenvalue weighted by molar-refractivity contribution is 6.53. The van der Waals surface area contributed by atoms with Crippen LogP contribution < -0.4 is 0 Å². The maximum absolute atomic E-state index is 10.5. The summed E-state index contributed by atoms with van der Waals surface area (Å²) in [5, 5.41) is 8.65. The van der Waals surface area contributed by atoms with Crippen LogP contribution in [0.15, 0.2) is 0 Å². The van der Waals surface area contributed by atoms with Crippen molar-refractivity contribution in [3.05, 3.63) is 0 Å². The molecule has 10 heavy (non-hydrogen) atoms. The van der Waals surface area contributed by atoms with Crippen molar-refractivity contribution in [2.75, 3.05) is 0 Å². The van der Waals surface area contributed by atoms with E-state index in [1.165, 1.54) is 0 Å². The minimum Gasteiger partial charge on any atom is -0.481 e. The molecule has 2 nitrogen and oxygen atoms in total. The largest absolute Gasteiger partial charge is 0.481 e. The highest BCUT2D eigenvalue weighted by atomic mass is 35.5. The Labute approximate surface area is 69.1 Å². The van der Waals surface area contributed by atoms with Gasteiger partial charge in [0, 0.05) is 5.92 Å². The fourth-order valence-corrected chi connectivity index (χ4v) is 1.88. The van der Waals surface area contributed by atoms with Crippen LogP contribution in [0.3, 0.4) is 0 Å². The molecule has 0 bridgehead atoms. The van der Waals surface area contributed by atoms with E-state index >= 15 is 0 Å². The van der Waals surface area contributed by atoms with Crippen molar-refractivity contribution in [2.45, 2.75) is 18.2 Å². The average molecular weight is 183 g/mol. The summed E-state index contributed by atoms with van der Waals surface area (Å²) in [5.41, 5.74) is -0.948. The van der Waals surface area contributed by atoms with Crippen molar-refractivity contribution in [2.24, 2.45) is 11.3 Å².